The van der Waals surface area contributed by atoms with Gasteiger partial charge in [-0.05, 0) is 67.2 Å². The fourth-order valence-corrected chi connectivity index (χ4v) is 3.27. The van der Waals surface area contributed by atoms with Gasteiger partial charge in [-0.1, -0.05) is 35.9 Å². The zero-order chi connectivity index (χ0) is 22.4. The Kier molecular flexibility index (Phi) is 7.23. The highest BCUT2D eigenvalue weighted by Gasteiger charge is 2.15. The van der Waals surface area contributed by atoms with E-state index in [4.69, 9.17) is 28.6 Å². The molecule has 0 heterocycles. The van der Waals surface area contributed by atoms with E-state index in [9.17, 15) is 9.59 Å². The van der Waals surface area contributed by atoms with Gasteiger partial charge in [-0.15, -0.1) is 0 Å². The number of halogens is 1. The van der Waals surface area contributed by atoms with Crippen LogP contribution in [-0.4, -0.2) is 24.0 Å². The molecule has 0 bridgehead atoms. The lowest BCUT2D eigenvalue weighted by Crippen LogP contribution is -2.34. The average molecular weight is 454 g/mol. The summed E-state index contributed by atoms with van der Waals surface area (Å²) in [7, 11) is 1.47. The first kappa shape index (κ1) is 22.3. The molecule has 3 aromatic carbocycles. The number of amides is 2. The molecule has 0 spiro atoms. The Morgan fingerprint density at radius 1 is 0.871 bits per heavy atom. The molecule has 158 valence electrons. The fourth-order valence-electron chi connectivity index (χ4n) is 2.89. The second-order valence-electron chi connectivity index (χ2n) is 6.60. The highest BCUT2D eigenvalue weighted by molar-refractivity contribution is 7.80. The molecule has 0 radical (unpaired) electrons. The maximum absolute atomic E-state index is 12.5. The summed E-state index contributed by atoms with van der Waals surface area (Å²) < 4.78 is 5.20. The summed E-state index contributed by atoms with van der Waals surface area (Å²) >= 11 is 11.2. The van der Waals surface area contributed by atoms with Crippen LogP contribution in [0.2, 0.25) is 5.02 Å². The minimum Gasteiger partial charge on any atom is -0.496 e. The second kappa shape index (κ2) is 10.1. The Morgan fingerprint density at radius 2 is 1.58 bits per heavy atom. The van der Waals surface area contributed by atoms with Crippen molar-refractivity contribution in [3.05, 3.63) is 88.4 Å². The summed E-state index contributed by atoms with van der Waals surface area (Å²) in [5, 5.41) is 8.89. The molecule has 6 nitrogen and oxygen atoms in total. The third kappa shape index (κ3) is 5.81. The molecular weight excluding hydrogens is 434 g/mol. The highest BCUT2D eigenvalue weighted by Crippen LogP contribution is 2.22. The van der Waals surface area contributed by atoms with Crippen LogP contribution >= 0.6 is 23.8 Å². The van der Waals surface area contributed by atoms with Crippen LogP contribution in [0.5, 0.6) is 5.75 Å². The first-order chi connectivity index (χ1) is 14.9. The van der Waals surface area contributed by atoms with Gasteiger partial charge in [0.25, 0.3) is 11.8 Å². The molecule has 0 fully saturated rings. The molecule has 0 aromatic heterocycles. The third-order valence-electron chi connectivity index (χ3n) is 4.40. The normalized spacial score (nSPS) is 10.2. The van der Waals surface area contributed by atoms with E-state index in [1.54, 1.807) is 42.5 Å². The van der Waals surface area contributed by atoms with Crippen LogP contribution in [0.15, 0.2) is 66.7 Å². The van der Waals surface area contributed by atoms with Crippen LogP contribution in [0.3, 0.4) is 0 Å². The molecule has 0 aliphatic heterocycles. The van der Waals surface area contributed by atoms with Crippen molar-refractivity contribution in [3.8, 4) is 5.75 Å². The van der Waals surface area contributed by atoms with Crippen molar-refractivity contribution in [2.24, 2.45) is 0 Å². The maximum Gasteiger partial charge on any atom is 0.261 e. The lowest BCUT2D eigenvalue weighted by Gasteiger charge is -2.13. The molecule has 0 aliphatic rings. The van der Waals surface area contributed by atoms with Crippen molar-refractivity contribution in [2.75, 3.05) is 17.7 Å². The molecular formula is C23H20ClN3O3S. The predicted molar refractivity (Wildman–Crippen MR) is 127 cm³/mol. The number of carbonyl (C=O) groups excluding carboxylic acids is 2. The molecule has 0 saturated heterocycles. The first-order valence-electron chi connectivity index (χ1n) is 9.30. The lowest BCUT2D eigenvalue weighted by atomic mass is 10.1. The fraction of sp³-hybridized carbons (Fsp3) is 0.0870. The number of aryl methyl sites for hydroxylation is 1. The molecule has 0 aliphatic carbocycles. The van der Waals surface area contributed by atoms with E-state index in [0.29, 0.717) is 27.7 Å². The Bertz CT molecular complexity index is 1150. The zero-order valence-corrected chi connectivity index (χ0v) is 18.4. The molecule has 0 atom stereocenters. The minimum absolute atomic E-state index is 0.0920. The SMILES string of the molecule is COc1ccc(Cl)cc1C(=O)NC(=S)Nc1cccc(NC(=O)c2ccccc2C)c1. The molecule has 0 saturated carbocycles. The van der Waals surface area contributed by atoms with Crippen molar-refractivity contribution in [1.29, 1.82) is 0 Å². The Balaban J connectivity index is 1.66. The standard InChI is InChI=1S/C23H20ClN3O3S/c1-14-6-3-4-9-18(14)21(28)25-16-7-5-8-17(13-16)26-23(31)27-22(29)19-12-15(24)10-11-20(19)30-2/h3-13H,1-2H3,(H,25,28)(H2,26,27,29,31). The second-order valence-corrected chi connectivity index (χ2v) is 7.45. The highest BCUT2D eigenvalue weighted by atomic mass is 35.5. The van der Waals surface area contributed by atoms with E-state index < -0.39 is 5.91 Å². The lowest BCUT2D eigenvalue weighted by molar-refractivity contribution is 0.0973. The number of anilines is 2. The maximum atomic E-state index is 12.5. The summed E-state index contributed by atoms with van der Waals surface area (Å²) in [5.74, 6) is -0.286. The van der Waals surface area contributed by atoms with Crippen molar-refractivity contribution >= 4 is 52.1 Å². The molecule has 0 unspecified atom stereocenters. The van der Waals surface area contributed by atoms with Crippen LogP contribution in [0.4, 0.5) is 11.4 Å². The van der Waals surface area contributed by atoms with Gasteiger partial charge in [0.1, 0.15) is 5.75 Å². The molecule has 3 rings (SSSR count). The molecule has 3 aromatic rings. The van der Waals surface area contributed by atoms with Gasteiger partial charge >= 0.3 is 0 Å². The van der Waals surface area contributed by atoms with Crippen LogP contribution in [0.25, 0.3) is 0 Å². The number of hydrogen-bond donors (Lipinski definition) is 3. The monoisotopic (exact) mass is 453 g/mol. The quantitative estimate of drug-likeness (QED) is 0.472. The van der Waals surface area contributed by atoms with Crippen molar-refractivity contribution in [2.45, 2.75) is 6.92 Å². The van der Waals surface area contributed by atoms with Gasteiger partial charge in [0.05, 0.1) is 12.7 Å². The Hall–Kier alpha value is -3.42. The van der Waals surface area contributed by atoms with Gasteiger partial charge in [-0.25, -0.2) is 0 Å². The Labute approximate surface area is 190 Å². The van der Waals surface area contributed by atoms with Crippen LogP contribution in [0, 0.1) is 6.92 Å². The summed E-state index contributed by atoms with van der Waals surface area (Å²) in [6, 6.07) is 19.1. The van der Waals surface area contributed by atoms with Gasteiger partial charge in [-0.2, -0.15) is 0 Å². The predicted octanol–water partition coefficient (Wildman–Crippen LogP) is 5.04. The van der Waals surface area contributed by atoms with Crippen molar-refractivity contribution < 1.29 is 14.3 Å². The Morgan fingerprint density at radius 3 is 2.29 bits per heavy atom. The average Bonchev–Trinajstić information content (AvgIpc) is 2.74. The van der Waals surface area contributed by atoms with E-state index in [-0.39, 0.29) is 16.6 Å². The van der Waals surface area contributed by atoms with E-state index in [1.165, 1.54) is 13.2 Å². The summed E-state index contributed by atoms with van der Waals surface area (Å²) in [6.07, 6.45) is 0. The number of thiocarbonyl (C=S) groups is 1. The number of methoxy groups -OCH3 is 1. The third-order valence-corrected chi connectivity index (χ3v) is 4.84. The van der Waals surface area contributed by atoms with Crippen molar-refractivity contribution in [3.63, 3.8) is 0 Å². The summed E-state index contributed by atoms with van der Waals surface area (Å²) in [5.41, 5.74) is 2.93. The van der Waals surface area contributed by atoms with Gasteiger partial charge in [-0.3, -0.25) is 14.9 Å². The van der Waals surface area contributed by atoms with Crippen LogP contribution < -0.4 is 20.7 Å². The van der Waals surface area contributed by atoms with Gasteiger partial charge in [0.15, 0.2) is 5.11 Å². The number of nitrogens with one attached hydrogen (secondary N) is 3. The van der Waals surface area contributed by atoms with Gasteiger partial charge < -0.3 is 15.4 Å². The number of rotatable bonds is 5. The molecule has 2 amide bonds. The van der Waals surface area contributed by atoms with Gasteiger partial charge in [0, 0.05) is 22.0 Å². The van der Waals surface area contributed by atoms with E-state index >= 15 is 0 Å². The summed E-state index contributed by atoms with van der Waals surface area (Å²) in [6.45, 7) is 1.88. The smallest absolute Gasteiger partial charge is 0.261 e. The van der Waals surface area contributed by atoms with E-state index in [0.717, 1.165) is 5.56 Å². The molecule has 3 N–H and O–H groups in total. The van der Waals surface area contributed by atoms with E-state index in [2.05, 4.69) is 16.0 Å². The summed E-state index contributed by atoms with van der Waals surface area (Å²) in [4.78, 5) is 25.1. The van der Waals surface area contributed by atoms with Gasteiger partial charge in [0.2, 0.25) is 0 Å². The van der Waals surface area contributed by atoms with E-state index in [1.807, 2.05) is 25.1 Å². The van der Waals surface area contributed by atoms with Crippen LogP contribution in [-0.2, 0) is 0 Å². The van der Waals surface area contributed by atoms with Crippen LogP contribution in [0.1, 0.15) is 26.3 Å². The molecule has 31 heavy (non-hydrogen) atoms. The first-order valence-corrected chi connectivity index (χ1v) is 10.1. The number of hydrogen-bond acceptors (Lipinski definition) is 4. The zero-order valence-electron chi connectivity index (χ0n) is 16.9. The largest absolute Gasteiger partial charge is 0.496 e. The molecule has 8 heteroatoms. The van der Waals surface area contributed by atoms with Crippen molar-refractivity contribution in [1.82, 2.24) is 5.32 Å². The minimum atomic E-state index is -0.458. The number of ether oxygens (including phenoxy) is 1. The topological polar surface area (TPSA) is 79.5 Å². The number of carbonyl (C=O) groups is 2. The number of benzene rings is 3.